The van der Waals surface area contributed by atoms with Crippen LogP contribution in [0.25, 0.3) is 0 Å². The van der Waals surface area contributed by atoms with Crippen LogP contribution in [-0.4, -0.2) is 62.7 Å². The third kappa shape index (κ3) is 6.59. The first-order valence-corrected chi connectivity index (χ1v) is 10.4. The highest BCUT2D eigenvalue weighted by molar-refractivity contribution is 14.0. The van der Waals surface area contributed by atoms with Crippen LogP contribution in [0.5, 0.6) is 0 Å². The van der Waals surface area contributed by atoms with Gasteiger partial charge in [0.05, 0.1) is 6.61 Å². The summed E-state index contributed by atoms with van der Waals surface area (Å²) in [6.45, 7) is 9.63. The molecule has 0 saturated carbocycles. The van der Waals surface area contributed by atoms with Gasteiger partial charge in [0.25, 0.3) is 0 Å². The molecule has 1 N–H and O–H groups in total. The number of hydrogen-bond donors (Lipinski definition) is 1. The molecule has 2 aliphatic heterocycles. The monoisotopic (exact) mass is 500 g/mol. The van der Waals surface area contributed by atoms with Crippen LogP contribution < -0.4 is 5.32 Å². The average molecular weight is 500 g/mol. The molecule has 0 spiro atoms. The van der Waals surface area contributed by atoms with Gasteiger partial charge in [0.1, 0.15) is 0 Å². The normalized spacial score (nSPS) is 23.5. The lowest BCUT2D eigenvalue weighted by molar-refractivity contribution is 0.157. The first-order chi connectivity index (χ1) is 13.2. The van der Waals surface area contributed by atoms with Gasteiger partial charge in [-0.25, -0.2) is 0 Å². The molecule has 1 aromatic rings. The fraction of sp³-hybridized carbons (Fsp3) is 0.682. The first kappa shape index (κ1) is 23.4. The van der Waals surface area contributed by atoms with Crippen molar-refractivity contribution < 1.29 is 4.74 Å². The highest BCUT2D eigenvalue weighted by Crippen LogP contribution is 2.20. The van der Waals surface area contributed by atoms with E-state index < -0.39 is 0 Å². The van der Waals surface area contributed by atoms with Crippen molar-refractivity contribution >= 4 is 29.9 Å². The molecule has 28 heavy (non-hydrogen) atoms. The van der Waals surface area contributed by atoms with Crippen LogP contribution in [0.15, 0.2) is 29.3 Å². The zero-order valence-corrected chi connectivity index (χ0v) is 20.0. The maximum Gasteiger partial charge on any atom is 0.193 e. The number of hydrogen-bond acceptors (Lipinski definition) is 3. The summed E-state index contributed by atoms with van der Waals surface area (Å²) >= 11 is 0. The van der Waals surface area contributed by atoms with Crippen LogP contribution in [0.1, 0.15) is 37.3 Å². The van der Waals surface area contributed by atoms with Gasteiger partial charge in [-0.2, -0.15) is 0 Å². The largest absolute Gasteiger partial charge is 0.384 e. The van der Waals surface area contributed by atoms with Crippen molar-refractivity contribution in [3.63, 3.8) is 0 Å². The van der Waals surface area contributed by atoms with Crippen LogP contribution in [0.2, 0.25) is 0 Å². The predicted octanol–water partition coefficient (Wildman–Crippen LogP) is 3.58. The van der Waals surface area contributed by atoms with Gasteiger partial charge in [0.2, 0.25) is 0 Å². The van der Waals surface area contributed by atoms with Crippen LogP contribution in [0, 0.1) is 11.8 Å². The molecular weight excluding hydrogens is 463 g/mol. The molecule has 2 unspecified atom stereocenters. The first-order valence-electron chi connectivity index (χ1n) is 10.4. The van der Waals surface area contributed by atoms with Gasteiger partial charge in [-0.15, -0.1) is 24.0 Å². The molecule has 0 bridgehead atoms. The van der Waals surface area contributed by atoms with E-state index in [2.05, 4.69) is 51.3 Å². The van der Waals surface area contributed by atoms with E-state index in [1.54, 1.807) is 7.11 Å². The van der Waals surface area contributed by atoms with Crippen molar-refractivity contribution in [1.82, 2.24) is 15.1 Å². The van der Waals surface area contributed by atoms with E-state index in [0.717, 1.165) is 44.7 Å². The van der Waals surface area contributed by atoms with Crippen LogP contribution in [-0.2, 0) is 17.8 Å². The molecule has 0 aromatic heterocycles. The Morgan fingerprint density at radius 1 is 1.18 bits per heavy atom. The number of ether oxygens (including phenoxy) is 1. The number of likely N-dealkylation sites (tertiary alicyclic amines) is 2. The minimum absolute atomic E-state index is 0. The molecular formula is C22H37IN4O. The van der Waals surface area contributed by atoms with Crippen molar-refractivity contribution in [3.8, 4) is 0 Å². The summed E-state index contributed by atoms with van der Waals surface area (Å²) in [6.07, 6.45) is 3.88. The third-order valence-corrected chi connectivity index (χ3v) is 5.89. The molecule has 0 aliphatic carbocycles. The van der Waals surface area contributed by atoms with Gasteiger partial charge in [-0.1, -0.05) is 31.2 Å². The summed E-state index contributed by atoms with van der Waals surface area (Å²) in [6, 6.07) is 8.84. The third-order valence-electron chi connectivity index (χ3n) is 5.89. The van der Waals surface area contributed by atoms with Crippen LogP contribution in [0.3, 0.4) is 0 Å². The average Bonchev–Trinajstić information content (AvgIpc) is 3.12. The Hall–Kier alpha value is -0.860. The molecule has 6 heteroatoms. The molecule has 2 fully saturated rings. The molecule has 2 aliphatic rings. The SMILES string of the molecule is CN=C(NCc1ccccc1CN1CCCC(C)C1)N1CCC(COC)C1.I. The van der Waals surface area contributed by atoms with E-state index in [1.807, 2.05) is 7.05 Å². The van der Waals surface area contributed by atoms with E-state index in [9.17, 15) is 0 Å². The molecule has 2 heterocycles. The highest BCUT2D eigenvalue weighted by Gasteiger charge is 2.24. The summed E-state index contributed by atoms with van der Waals surface area (Å²) in [4.78, 5) is 9.48. The minimum atomic E-state index is 0. The van der Waals surface area contributed by atoms with Crippen LogP contribution in [0.4, 0.5) is 0 Å². The Labute approximate surface area is 187 Å². The second-order valence-electron chi connectivity index (χ2n) is 8.21. The van der Waals surface area contributed by atoms with Crippen molar-refractivity contribution in [2.24, 2.45) is 16.8 Å². The van der Waals surface area contributed by atoms with Gasteiger partial charge >= 0.3 is 0 Å². The molecule has 5 nitrogen and oxygen atoms in total. The number of benzene rings is 1. The summed E-state index contributed by atoms with van der Waals surface area (Å²) < 4.78 is 5.32. The quantitative estimate of drug-likeness (QED) is 0.369. The number of aliphatic imine (C=N–C) groups is 1. The number of nitrogens with zero attached hydrogens (tertiary/aromatic N) is 3. The Morgan fingerprint density at radius 2 is 1.96 bits per heavy atom. The van der Waals surface area contributed by atoms with Crippen molar-refractivity contribution in [1.29, 1.82) is 0 Å². The zero-order chi connectivity index (χ0) is 19.1. The standard InChI is InChI=1S/C22H36N4O.HI/c1-18-7-6-11-25(14-18)16-21-9-5-4-8-20(21)13-24-22(23-2)26-12-10-19(15-26)17-27-3;/h4-5,8-9,18-19H,6-7,10-17H2,1-3H3,(H,23,24);1H. The van der Waals surface area contributed by atoms with Crippen LogP contribution >= 0.6 is 24.0 Å². The Balaban J connectivity index is 0.00000280. The highest BCUT2D eigenvalue weighted by atomic mass is 127. The Bertz CT molecular complexity index is 624. The topological polar surface area (TPSA) is 40.1 Å². The second kappa shape index (κ2) is 12.0. The zero-order valence-electron chi connectivity index (χ0n) is 17.7. The van der Waals surface area contributed by atoms with Gasteiger partial charge in [-0.05, 0) is 42.9 Å². The van der Waals surface area contributed by atoms with Gasteiger partial charge in [0.15, 0.2) is 5.96 Å². The molecule has 0 amide bonds. The van der Waals surface area contributed by atoms with Gasteiger partial charge in [0, 0.05) is 52.8 Å². The van der Waals surface area contributed by atoms with Crippen molar-refractivity contribution in [2.45, 2.75) is 39.3 Å². The number of guanidine groups is 1. The van der Waals surface area contributed by atoms with Gasteiger partial charge < -0.3 is 15.0 Å². The summed E-state index contributed by atoms with van der Waals surface area (Å²) in [7, 11) is 3.67. The van der Waals surface area contributed by atoms with E-state index in [0.29, 0.717) is 5.92 Å². The summed E-state index contributed by atoms with van der Waals surface area (Å²) in [5.74, 6) is 2.44. The molecule has 3 rings (SSSR count). The number of piperidine rings is 1. The maximum atomic E-state index is 5.32. The predicted molar refractivity (Wildman–Crippen MR) is 127 cm³/mol. The second-order valence-corrected chi connectivity index (χ2v) is 8.21. The van der Waals surface area contributed by atoms with Crippen molar-refractivity contribution in [2.75, 3.05) is 46.9 Å². The summed E-state index contributed by atoms with van der Waals surface area (Å²) in [5, 5.41) is 3.59. The van der Waals surface area contributed by atoms with E-state index in [4.69, 9.17) is 4.74 Å². The van der Waals surface area contributed by atoms with E-state index in [-0.39, 0.29) is 24.0 Å². The van der Waals surface area contributed by atoms with E-state index >= 15 is 0 Å². The molecule has 2 saturated heterocycles. The lowest BCUT2D eigenvalue weighted by Crippen LogP contribution is -2.40. The molecule has 158 valence electrons. The van der Waals surface area contributed by atoms with Gasteiger partial charge in [-0.3, -0.25) is 9.89 Å². The minimum Gasteiger partial charge on any atom is -0.384 e. The van der Waals surface area contributed by atoms with Crippen molar-refractivity contribution in [3.05, 3.63) is 35.4 Å². The molecule has 2 atom stereocenters. The fourth-order valence-electron chi connectivity index (χ4n) is 4.46. The number of halogens is 1. The van der Waals surface area contributed by atoms with E-state index in [1.165, 1.54) is 43.5 Å². The fourth-order valence-corrected chi connectivity index (χ4v) is 4.46. The lowest BCUT2D eigenvalue weighted by atomic mass is 9.99. The number of methoxy groups -OCH3 is 1. The molecule has 1 aromatic carbocycles. The smallest absolute Gasteiger partial charge is 0.193 e. The Morgan fingerprint density at radius 3 is 2.68 bits per heavy atom. The Kier molecular flexibility index (Phi) is 10.0. The maximum absolute atomic E-state index is 5.32. The summed E-state index contributed by atoms with van der Waals surface area (Å²) in [5.41, 5.74) is 2.82. The number of nitrogens with one attached hydrogen (secondary N) is 1. The number of rotatable bonds is 6. The lowest BCUT2D eigenvalue weighted by Gasteiger charge is -2.31. The molecule has 0 radical (unpaired) electrons.